The first-order valence-electron chi connectivity index (χ1n) is 6.46. The van der Waals surface area contributed by atoms with Gasteiger partial charge < -0.3 is 15.1 Å². The Morgan fingerprint density at radius 2 is 1.90 bits per heavy atom. The lowest BCUT2D eigenvalue weighted by molar-refractivity contribution is -0.119. The molecule has 5 heteroatoms. The van der Waals surface area contributed by atoms with Crippen LogP contribution in [0.2, 0.25) is 0 Å². The van der Waals surface area contributed by atoms with Crippen LogP contribution in [0.3, 0.4) is 0 Å². The Balaban J connectivity index is 2.34. The largest absolute Gasteiger partial charge is 0.423 e. The zero-order valence-corrected chi connectivity index (χ0v) is 11.9. The molecule has 1 amide bonds. The molecule has 2 N–H and O–H groups in total. The van der Waals surface area contributed by atoms with Crippen LogP contribution in [0.5, 0.6) is 0 Å². The Kier molecular flexibility index (Phi) is 4.20. The molecule has 0 unspecified atom stereocenters. The average Bonchev–Trinajstić information content (AvgIpc) is 2.40. The molecule has 0 bridgehead atoms. The zero-order chi connectivity index (χ0) is 14.7. The summed E-state index contributed by atoms with van der Waals surface area (Å²) >= 11 is 0. The molecule has 0 aliphatic rings. The summed E-state index contributed by atoms with van der Waals surface area (Å²) in [4.78, 5) is 22.8. The molecule has 2 aromatic rings. The molecule has 106 valence electrons. The average molecular weight is 274 g/mol. The number of fused-ring (bicyclic) bond motifs is 1. The van der Waals surface area contributed by atoms with E-state index in [0.717, 1.165) is 22.1 Å². The lowest BCUT2D eigenvalue weighted by Gasteiger charge is -2.09. The Labute approximate surface area is 117 Å². The van der Waals surface area contributed by atoms with Gasteiger partial charge >= 0.3 is 5.63 Å². The summed E-state index contributed by atoms with van der Waals surface area (Å²) in [6, 6.07) is 5.34. The molecule has 0 aliphatic heterocycles. The summed E-state index contributed by atoms with van der Waals surface area (Å²) in [5, 5.41) is 6.45. The summed E-state index contributed by atoms with van der Waals surface area (Å²) in [5.74, 6) is -0.0932. The van der Waals surface area contributed by atoms with Gasteiger partial charge in [-0.1, -0.05) is 0 Å². The van der Waals surface area contributed by atoms with Crippen LogP contribution < -0.4 is 16.3 Å². The number of aryl methyl sites for hydroxylation is 2. The second-order valence-corrected chi connectivity index (χ2v) is 4.80. The number of likely N-dealkylation sites (N-methyl/N-ethyl adjacent to an activating group) is 1. The molecule has 0 saturated heterocycles. The molecule has 0 fully saturated rings. The van der Waals surface area contributed by atoms with Crippen LogP contribution in [0.25, 0.3) is 11.0 Å². The quantitative estimate of drug-likeness (QED) is 0.823. The molecule has 0 saturated carbocycles. The Morgan fingerprint density at radius 3 is 2.60 bits per heavy atom. The maximum atomic E-state index is 11.6. The van der Waals surface area contributed by atoms with Crippen molar-refractivity contribution in [3.63, 3.8) is 0 Å². The van der Waals surface area contributed by atoms with E-state index >= 15 is 0 Å². The molecule has 0 spiro atoms. The predicted molar refractivity (Wildman–Crippen MR) is 77.7 cm³/mol. The normalized spacial score (nSPS) is 10.8. The second kappa shape index (κ2) is 5.88. The molecular weight excluding hydrogens is 256 g/mol. The molecule has 5 nitrogen and oxygen atoms in total. The van der Waals surface area contributed by atoms with E-state index in [1.54, 1.807) is 7.05 Å². The molecule has 2 rings (SSSR count). The van der Waals surface area contributed by atoms with Gasteiger partial charge in [0.05, 0.1) is 6.54 Å². The number of nitrogens with one attached hydrogen (secondary N) is 2. The van der Waals surface area contributed by atoms with Crippen molar-refractivity contribution in [2.75, 3.05) is 13.6 Å². The third-order valence-corrected chi connectivity index (χ3v) is 3.32. The van der Waals surface area contributed by atoms with Crippen LogP contribution in [-0.4, -0.2) is 19.5 Å². The van der Waals surface area contributed by atoms with Gasteiger partial charge in [0.1, 0.15) is 5.58 Å². The van der Waals surface area contributed by atoms with Crippen LogP contribution in [-0.2, 0) is 11.3 Å². The summed E-state index contributed by atoms with van der Waals surface area (Å²) < 4.78 is 5.22. The number of rotatable bonds is 4. The summed E-state index contributed by atoms with van der Waals surface area (Å²) in [7, 11) is 1.59. The number of carbonyl (C=O) groups excluding carboxylic acids is 1. The van der Waals surface area contributed by atoms with Gasteiger partial charge in [0, 0.05) is 25.0 Å². The molecule has 1 heterocycles. The Bertz CT molecular complexity index is 704. The Hall–Kier alpha value is -2.14. The molecule has 0 radical (unpaired) electrons. The first kappa shape index (κ1) is 14.3. The van der Waals surface area contributed by atoms with Crippen LogP contribution in [0.1, 0.15) is 16.7 Å². The number of amides is 1. The third-order valence-electron chi connectivity index (χ3n) is 3.32. The van der Waals surface area contributed by atoms with Crippen molar-refractivity contribution >= 4 is 16.9 Å². The van der Waals surface area contributed by atoms with E-state index < -0.39 is 0 Å². The topological polar surface area (TPSA) is 71.3 Å². The van der Waals surface area contributed by atoms with Gasteiger partial charge in [-0.15, -0.1) is 0 Å². The molecule has 1 aromatic carbocycles. The number of carbonyl (C=O) groups is 1. The van der Waals surface area contributed by atoms with Crippen molar-refractivity contribution in [2.45, 2.75) is 20.4 Å². The fourth-order valence-electron chi connectivity index (χ4n) is 2.03. The van der Waals surface area contributed by atoms with Crippen molar-refractivity contribution < 1.29 is 9.21 Å². The predicted octanol–water partition coefficient (Wildman–Crippen LogP) is 1.25. The lowest BCUT2D eigenvalue weighted by Crippen LogP contribution is -2.31. The van der Waals surface area contributed by atoms with E-state index in [1.807, 2.05) is 26.0 Å². The summed E-state index contributed by atoms with van der Waals surface area (Å²) in [6.45, 7) is 4.65. The molecular formula is C15H18N2O3. The highest BCUT2D eigenvalue weighted by molar-refractivity contribution is 5.82. The molecule has 1 aromatic heterocycles. The number of hydrogen-bond acceptors (Lipinski definition) is 4. The van der Waals surface area contributed by atoms with Gasteiger partial charge in [0.2, 0.25) is 5.91 Å². The minimum Gasteiger partial charge on any atom is -0.423 e. The van der Waals surface area contributed by atoms with E-state index in [1.165, 1.54) is 6.07 Å². The number of benzene rings is 1. The van der Waals surface area contributed by atoms with E-state index in [0.29, 0.717) is 12.1 Å². The van der Waals surface area contributed by atoms with E-state index in [-0.39, 0.29) is 18.1 Å². The highest BCUT2D eigenvalue weighted by atomic mass is 16.4. The Morgan fingerprint density at radius 1 is 1.20 bits per heavy atom. The van der Waals surface area contributed by atoms with Gasteiger partial charge in [-0.2, -0.15) is 0 Å². The molecule has 0 aliphatic carbocycles. The standard InChI is InChI=1S/C15H18N2O3/c1-9-4-12-11(7-17-8-14(18)16-3)6-15(19)20-13(12)5-10(9)2/h4-6,17H,7-8H2,1-3H3,(H,16,18). The van der Waals surface area contributed by atoms with E-state index in [4.69, 9.17) is 4.42 Å². The van der Waals surface area contributed by atoms with Crippen LogP contribution >= 0.6 is 0 Å². The minimum atomic E-state index is -0.377. The SMILES string of the molecule is CNC(=O)CNCc1cc(=O)oc2cc(C)c(C)cc12. The van der Waals surface area contributed by atoms with Crippen molar-refractivity contribution in [1.82, 2.24) is 10.6 Å². The molecule has 20 heavy (non-hydrogen) atoms. The van der Waals surface area contributed by atoms with Gasteiger partial charge in [-0.05, 0) is 42.7 Å². The van der Waals surface area contributed by atoms with Crippen molar-refractivity contribution in [1.29, 1.82) is 0 Å². The fraction of sp³-hybridized carbons (Fsp3) is 0.333. The highest BCUT2D eigenvalue weighted by Gasteiger charge is 2.08. The van der Waals surface area contributed by atoms with Crippen molar-refractivity contribution in [3.05, 3.63) is 45.3 Å². The smallest absolute Gasteiger partial charge is 0.336 e. The zero-order valence-electron chi connectivity index (χ0n) is 11.9. The van der Waals surface area contributed by atoms with Crippen LogP contribution in [0, 0.1) is 13.8 Å². The van der Waals surface area contributed by atoms with Gasteiger partial charge in [0.25, 0.3) is 0 Å². The second-order valence-electron chi connectivity index (χ2n) is 4.80. The van der Waals surface area contributed by atoms with E-state index in [9.17, 15) is 9.59 Å². The molecule has 0 atom stereocenters. The first-order chi connectivity index (χ1) is 9.51. The monoisotopic (exact) mass is 274 g/mol. The lowest BCUT2D eigenvalue weighted by atomic mass is 10.0. The van der Waals surface area contributed by atoms with Gasteiger partial charge in [-0.25, -0.2) is 4.79 Å². The van der Waals surface area contributed by atoms with Crippen LogP contribution in [0.15, 0.2) is 27.4 Å². The van der Waals surface area contributed by atoms with Crippen molar-refractivity contribution in [2.24, 2.45) is 0 Å². The van der Waals surface area contributed by atoms with Crippen LogP contribution in [0.4, 0.5) is 0 Å². The van der Waals surface area contributed by atoms with Gasteiger partial charge in [-0.3, -0.25) is 4.79 Å². The summed E-state index contributed by atoms with van der Waals surface area (Å²) in [6.07, 6.45) is 0. The van der Waals surface area contributed by atoms with Crippen molar-refractivity contribution in [3.8, 4) is 0 Å². The fourth-order valence-corrected chi connectivity index (χ4v) is 2.03. The summed E-state index contributed by atoms with van der Waals surface area (Å²) in [5.41, 5.74) is 3.26. The van der Waals surface area contributed by atoms with E-state index in [2.05, 4.69) is 10.6 Å². The highest BCUT2D eigenvalue weighted by Crippen LogP contribution is 2.21. The maximum Gasteiger partial charge on any atom is 0.336 e. The maximum absolute atomic E-state index is 11.6. The minimum absolute atomic E-state index is 0.0932. The first-order valence-corrected chi connectivity index (χ1v) is 6.46. The number of hydrogen-bond donors (Lipinski definition) is 2. The third kappa shape index (κ3) is 3.05. The van der Waals surface area contributed by atoms with Gasteiger partial charge in [0.15, 0.2) is 0 Å².